The van der Waals surface area contributed by atoms with E-state index in [1.165, 1.54) is 29.7 Å². The predicted molar refractivity (Wildman–Crippen MR) is 76.5 cm³/mol. The van der Waals surface area contributed by atoms with Gasteiger partial charge in [-0.15, -0.1) is 0 Å². The van der Waals surface area contributed by atoms with E-state index in [1.54, 1.807) is 0 Å². The maximum Gasteiger partial charge on any atom is 0.319 e. The third kappa shape index (κ3) is 3.91. The number of aromatic nitrogens is 1. The lowest BCUT2D eigenvalue weighted by atomic mass is 10.3. The van der Waals surface area contributed by atoms with Gasteiger partial charge in [0.2, 0.25) is 10.0 Å². The maximum atomic E-state index is 12.4. The topological polar surface area (TPSA) is 79.8 Å². The number of carbonyl (C=O) groups is 1. The SMILES string of the molecule is COC(=O)CN1CCN(S(=O)(=O)c2ccc(Cl)nc2)CC1. The van der Waals surface area contributed by atoms with Crippen LogP contribution in [0.25, 0.3) is 0 Å². The van der Waals surface area contributed by atoms with Crippen LogP contribution < -0.4 is 0 Å². The van der Waals surface area contributed by atoms with Gasteiger partial charge in [-0.1, -0.05) is 11.6 Å². The molecule has 0 spiro atoms. The van der Waals surface area contributed by atoms with E-state index in [0.717, 1.165) is 0 Å². The minimum absolute atomic E-state index is 0.119. The van der Waals surface area contributed by atoms with Crippen LogP contribution in [0.4, 0.5) is 0 Å². The largest absolute Gasteiger partial charge is 0.468 e. The number of carbonyl (C=O) groups excluding carboxylic acids is 1. The van der Waals surface area contributed by atoms with Crippen molar-refractivity contribution in [2.45, 2.75) is 4.90 Å². The van der Waals surface area contributed by atoms with E-state index >= 15 is 0 Å². The van der Waals surface area contributed by atoms with Crippen LogP contribution in [0.2, 0.25) is 5.15 Å². The van der Waals surface area contributed by atoms with Gasteiger partial charge in [-0.05, 0) is 12.1 Å². The first-order valence-corrected chi connectivity index (χ1v) is 8.16. The number of nitrogens with zero attached hydrogens (tertiary/aromatic N) is 3. The normalized spacial score (nSPS) is 17.6. The third-order valence-corrected chi connectivity index (χ3v) is 5.36. The average molecular weight is 334 g/mol. The lowest BCUT2D eigenvalue weighted by Crippen LogP contribution is -2.49. The molecule has 21 heavy (non-hydrogen) atoms. The van der Waals surface area contributed by atoms with Crippen molar-refractivity contribution in [3.05, 3.63) is 23.5 Å². The second-order valence-corrected chi connectivity index (χ2v) is 6.90. The van der Waals surface area contributed by atoms with Gasteiger partial charge < -0.3 is 4.74 Å². The molecule has 0 N–H and O–H groups in total. The zero-order valence-corrected chi connectivity index (χ0v) is 13.1. The Kier molecular flexibility index (Phi) is 5.15. The molecule has 1 aliphatic rings. The van der Waals surface area contributed by atoms with E-state index in [9.17, 15) is 13.2 Å². The fourth-order valence-electron chi connectivity index (χ4n) is 2.04. The summed E-state index contributed by atoms with van der Waals surface area (Å²) in [4.78, 5) is 17.0. The van der Waals surface area contributed by atoms with Gasteiger partial charge in [-0.25, -0.2) is 13.4 Å². The summed E-state index contributed by atoms with van der Waals surface area (Å²) in [5.41, 5.74) is 0. The lowest BCUT2D eigenvalue weighted by molar-refractivity contribution is -0.142. The molecule has 9 heteroatoms. The Balaban J connectivity index is 2.01. The van der Waals surface area contributed by atoms with Gasteiger partial charge in [0, 0.05) is 32.4 Å². The van der Waals surface area contributed by atoms with Gasteiger partial charge in [0.25, 0.3) is 0 Å². The third-order valence-electron chi connectivity index (χ3n) is 3.25. The Morgan fingerprint density at radius 3 is 2.52 bits per heavy atom. The Hall–Kier alpha value is -1.22. The van der Waals surface area contributed by atoms with E-state index in [4.69, 9.17) is 11.6 Å². The second-order valence-electron chi connectivity index (χ2n) is 4.57. The number of halogens is 1. The molecule has 0 unspecified atom stereocenters. The first-order valence-electron chi connectivity index (χ1n) is 6.34. The number of sulfonamides is 1. The van der Waals surface area contributed by atoms with Crippen molar-refractivity contribution in [1.29, 1.82) is 0 Å². The Morgan fingerprint density at radius 2 is 2.00 bits per heavy atom. The summed E-state index contributed by atoms with van der Waals surface area (Å²) in [7, 11) is -2.24. The predicted octanol–water partition coefficient (Wildman–Crippen LogP) is 0.214. The summed E-state index contributed by atoms with van der Waals surface area (Å²) in [6.07, 6.45) is 1.25. The standard InChI is InChI=1S/C12H16ClN3O4S/c1-20-12(17)9-15-4-6-16(7-5-15)21(18,19)10-2-3-11(13)14-8-10/h2-3,8H,4-7,9H2,1H3. The molecule has 116 valence electrons. The van der Waals surface area contributed by atoms with Crippen molar-refractivity contribution in [2.24, 2.45) is 0 Å². The number of methoxy groups -OCH3 is 1. The Labute approximate surface area is 128 Å². The summed E-state index contributed by atoms with van der Waals surface area (Å²) in [5, 5.41) is 0.247. The fourth-order valence-corrected chi connectivity index (χ4v) is 3.52. The molecular weight excluding hydrogens is 318 g/mol. The minimum atomic E-state index is -3.57. The molecule has 0 saturated carbocycles. The molecule has 7 nitrogen and oxygen atoms in total. The highest BCUT2D eigenvalue weighted by Gasteiger charge is 2.29. The summed E-state index contributed by atoms with van der Waals surface area (Å²) in [6, 6.07) is 2.88. The number of esters is 1. The van der Waals surface area contributed by atoms with Crippen molar-refractivity contribution in [1.82, 2.24) is 14.2 Å². The number of ether oxygens (including phenoxy) is 1. The zero-order valence-electron chi connectivity index (χ0n) is 11.5. The molecule has 1 fully saturated rings. The van der Waals surface area contributed by atoms with E-state index < -0.39 is 10.0 Å². The molecule has 0 amide bonds. The van der Waals surface area contributed by atoms with Crippen molar-refractivity contribution in [2.75, 3.05) is 39.8 Å². The van der Waals surface area contributed by atoms with Gasteiger partial charge in [0.15, 0.2) is 0 Å². The monoisotopic (exact) mass is 333 g/mol. The highest BCUT2D eigenvalue weighted by atomic mass is 35.5. The number of piperazine rings is 1. The smallest absolute Gasteiger partial charge is 0.319 e. The Morgan fingerprint density at radius 1 is 1.33 bits per heavy atom. The van der Waals surface area contributed by atoms with Gasteiger partial charge in [0.05, 0.1) is 13.7 Å². The van der Waals surface area contributed by atoms with Crippen molar-refractivity contribution in [3.63, 3.8) is 0 Å². The quantitative estimate of drug-likeness (QED) is 0.579. The number of hydrogen-bond acceptors (Lipinski definition) is 6. The van der Waals surface area contributed by atoms with E-state index in [2.05, 4.69) is 9.72 Å². The molecule has 2 heterocycles. The van der Waals surface area contributed by atoms with Crippen LogP contribution in [0, 0.1) is 0 Å². The number of rotatable bonds is 4. The van der Waals surface area contributed by atoms with E-state index in [-0.39, 0.29) is 22.6 Å². The van der Waals surface area contributed by atoms with Crippen LogP contribution in [0.3, 0.4) is 0 Å². The highest BCUT2D eigenvalue weighted by molar-refractivity contribution is 7.89. The highest BCUT2D eigenvalue weighted by Crippen LogP contribution is 2.18. The second kappa shape index (κ2) is 6.69. The fraction of sp³-hybridized carbons (Fsp3) is 0.500. The minimum Gasteiger partial charge on any atom is -0.468 e. The Bertz CT molecular complexity index is 597. The van der Waals surface area contributed by atoms with Crippen LogP contribution in [-0.2, 0) is 19.6 Å². The molecular formula is C12H16ClN3O4S. The summed E-state index contributed by atoms with van der Waals surface area (Å²) < 4.78 is 30.8. The molecule has 1 aromatic heterocycles. The molecule has 1 aromatic rings. The zero-order chi connectivity index (χ0) is 15.5. The molecule has 2 rings (SSSR count). The average Bonchev–Trinajstić information content (AvgIpc) is 2.48. The summed E-state index contributed by atoms with van der Waals surface area (Å²) >= 11 is 5.66. The van der Waals surface area contributed by atoms with E-state index in [1.807, 2.05) is 4.90 Å². The molecule has 1 saturated heterocycles. The molecule has 0 radical (unpaired) electrons. The van der Waals surface area contributed by atoms with E-state index in [0.29, 0.717) is 26.2 Å². The van der Waals surface area contributed by atoms with Gasteiger partial charge in [-0.2, -0.15) is 4.31 Å². The maximum absolute atomic E-state index is 12.4. The molecule has 0 aliphatic carbocycles. The van der Waals surface area contributed by atoms with Crippen LogP contribution in [0.1, 0.15) is 0 Å². The van der Waals surface area contributed by atoms with Gasteiger partial charge >= 0.3 is 5.97 Å². The van der Waals surface area contributed by atoms with Crippen LogP contribution in [0.5, 0.6) is 0 Å². The van der Waals surface area contributed by atoms with Gasteiger partial charge in [-0.3, -0.25) is 9.69 Å². The van der Waals surface area contributed by atoms with Gasteiger partial charge in [0.1, 0.15) is 10.0 Å². The molecule has 0 aromatic carbocycles. The van der Waals surface area contributed by atoms with Crippen LogP contribution in [-0.4, -0.2) is 68.4 Å². The summed E-state index contributed by atoms with van der Waals surface area (Å²) in [6.45, 7) is 1.78. The first kappa shape index (κ1) is 16.2. The van der Waals surface area contributed by atoms with Crippen molar-refractivity contribution >= 4 is 27.6 Å². The number of pyridine rings is 1. The lowest BCUT2D eigenvalue weighted by Gasteiger charge is -2.33. The molecule has 0 bridgehead atoms. The van der Waals surface area contributed by atoms with Crippen LogP contribution >= 0.6 is 11.6 Å². The van der Waals surface area contributed by atoms with Crippen LogP contribution in [0.15, 0.2) is 23.2 Å². The number of hydrogen-bond donors (Lipinski definition) is 0. The molecule has 0 atom stereocenters. The first-order chi connectivity index (χ1) is 9.93. The van der Waals surface area contributed by atoms with Crippen molar-refractivity contribution < 1.29 is 17.9 Å². The molecule has 1 aliphatic heterocycles. The van der Waals surface area contributed by atoms with Crippen molar-refractivity contribution in [3.8, 4) is 0 Å². The summed E-state index contributed by atoms with van der Waals surface area (Å²) in [5.74, 6) is -0.326.